The minimum Gasteiger partial charge on any atom is -0.481 e. The van der Waals surface area contributed by atoms with Gasteiger partial charge in [0.15, 0.2) is 10.9 Å². The van der Waals surface area contributed by atoms with Crippen molar-refractivity contribution in [2.24, 2.45) is 0 Å². The molecular weight excluding hydrogens is 372 g/mol. The summed E-state index contributed by atoms with van der Waals surface area (Å²) in [6.45, 7) is 3.36. The third-order valence-corrected chi connectivity index (χ3v) is 5.05. The summed E-state index contributed by atoms with van der Waals surface area (Å²) in [5.74, 6) is -0.895. The Labute approximate surface area is 160 Å². The monoisotopic (exact) mass is 388 g/mol. The quantitative estimate of drug-likeness (QED) is 0.627. The first-order valence-corrected chi connectivity index (χ1v) is 8.98. The van der Waals surface area contributed by atoms with Gasteiger partial charge >= 0.3 is 5.97 Å². The van der Waals surface area contributed by atoms with Crippen LogP contribution in [0.1, 0.15) is 17.0 Å². The number of benzene rings is 1. The van der Waals surface area contributed by atoms with E-state index in [1.165, 1.54) is 16.8 Å². The first-order chi connectivity index (χ1) is 12.4. The summed E-state index contributed by atoms with van der Waals surface area (Å²) in [6, 6.07) is 10.8. The fraction of sp³-hybridized carbons (Fsp3) is 0.167. The van der Waals surface area contributed by atoms with Crippen LogP contribution in [0.15, 0.2) is 41.3 Å². The lowest BCUT2D eigenvalue weighted by Gasteiger charge is -2.20. The Morgan fingerprint density at radius 1 is 1.23 bits per heavy atom. The number of hydrogen-bond donors (Lipinski definition) is 1. The van der Waals surface area contributed by atoms with Crippen LogP contribution in [0.5, 0.6) is 5.75 Å². The number of rotatable bonds is 5. The third kappa shape index (κ3) is 3.51. The van der Waals surface area contributed by atoms with Gasteiger partial charge in [-0.1, -0.05) is 30.0 Å². The van der Waals surface area contributed by atoms with Crippen molar-refractivity contribution in [3.05, 3.63) is 58.3 Å². The number of amides is 1. The van der Waals surface area contributed by atoms with E-state index in [-0.39, 0.29) is 5.91 Å². The van der Waals surface area contributed by atoms with E-state index in [9.17, 15) is 9.59 Å². The Hall–Kier alpha value is -2.58. The van der Waals surface area contributed by atoms with E-state index in [1.807, 2.05) is 26.0 Å². The second-order valence-electron chi connectivity index (χ2n) is 5.64. The van der Waals surface area contributed by atoms with Gasteiger partial charge in [0.1, 0.15) is 5.75 Å². The number of ether oxygens (including phenoxy) is 1. The molecule has 0 spiro atoms. The summed E-state index contributed by atoms with van der Waals surface area (Å²) in [7, 11) is 0. The van der Waals surface area contributed by atoms with Gasteiger partial charge < -0.3 is 9.84 Å². The van der Waals surface area contributed by atoms with Crippen LogP contribution < -0.4 is 9.75 Å². The Morgan fingerprint density at radius 3 is 2.54 bits per heavy atom. The number of para-hydroxylation sites is 1. The number of hydrogen-bond acceptors (Lipinski definition) is 5. The molecule has 1 amide bonds. The lowest BCUT2D eigenvalue weighted by Crippen LogP contribution is -2.39. The summed E-state index contributed by atoms with van der Waals surface area (Å²) in [4.78, 5) is 24.1. The maximum absolute atomic E-state index is 12.9. The van der Waals surface area contributed by atoms with Crippen molar-refractivity contribution >= 4 is 46.3 Å². The molecule has 1 aliphatic rings. The zero-order chi connectivity index (χ0) is 18.8. The topological polar surface area (TPSA) is 71.8 Å². The number of aryl methyl sites for hydroxylation is 2. The van der Waals surface area contributed by atoms with Crippen LogP contribution in [0.2, 0.25) is 0 Å². The highest BCUT2D eigenvalue weighted by Gasteiger charge is 2.34. The number of carboxylic acid groups (broad SMARTS) is 1. The predicted octanol–water partition coefficient (Wildman–Crippen LogP) is 3.11. The minimum absolute atomic E-state index is 0.226. The summed E-state index contributed by atoms with van der Waals surface area (Å²) < 4.78 is 7.51. The second-order valence-corrected chi connectivity index (χ2v) is 7.32. The Kier molecular flexibility index (Phi) is 5.15. The van der Waals surface area contributed by atoms with E-state index < -0.39 is 12.6 Å². The van der Waals surface area contributed by atoms with Crippen molar-refractivity contribution in [2.75, 3.05) is 11.6 Å². The standard InChI is InChI=1S/C18H16N2O4S2/c1-11-7-8-12(2)19(11)20-17(23)15(26-18(20)25)9-13-5-3-4-6-14(13)24-10-16(21)22/h3-9H,10H2,1-2H3,(H,21,22)/b15-9+. The van der Waals surface area contributed by atoms with Crippen molar-refractivity contribution in [1.82, 2.24) is 4.68 Å². The number of carbonyl (C=O) groups is 2. The van der Waals surface area contributed by atoms with Gasteiger partial charge in [0.2, 0.25) is 0 Å². The summed E-state index contributed by atoms with van der Waals surface area (Å²) in [5.41, 5.74) is 2.44. The second kappa shape index (κ2) is 7.35. The lowest BCUT2D eigenvalue weighted by molar-refractivity contribution is -0.139. The van der Waals surface area contributed by atoms with E-state index >= 15 is 0 Å². The van der Waals surface area contributed by atoms with Crippen LogP contribution in [0.25, 0.3) is 6.08 Å². The number of aromatic nitrogens is 1. The highest BCUT2D eigenvalue weighted by Crippen LogP contribution is 2.34. The minimum atomic E-state index is -1.07. The van der Waals surface area contributed by atoms with E-state index in [4.69, 9.17) is 22.1 Å². The fourth-order valence-electron chi connectivity index (χ4n) is 2.62. The van der Waals surface area contributed by atoms with Crippen molar-refractivity contribution in [2.45, 2.75) is 13.8 Å². The highest BCUT2D eigenvalue weighted by molar-refractivity contribution is 8.27. The average molecular weight is 388 g/mol. The molecule has 1 N–H and O–H groups in total. The first kappa shape index (κ1) is 18.2. The molecule has 134 valence electrons. The summed E-state index contributed by atoms with van der Waals surface area (Å²) in [6.07, 6.45) is 1.67. The zero-order valence-corrected chi connectivity index (χ0v) is 15.8. The SMILES string of the molecule is Cc1ccc(C)n1N1C(=O)/C(=C\c2ccccc2OCC(=O)O)SC1=S. The van der Waals surface area contributed by atoms with E-state index in [0.29, 0.717) is 20.5 Å². The van der Waals surface area contributed by atoms with Gasteiger partial charge in [-0.2, -0.15) is 5.01 Å². The number of aliphatic carboxylic acids is 1. The first-order valence-electron chi connectivity index (χ1n) is 7.75. The molecule has 1 saturated heterocycles. The molecule has 2 heterocycles. The third-order valence-electron chi connectivity index (χ3n) is 3.76. The zero-order valence-electron chi connectivity index (χ0n) is 14.1. The molecule has 1 fully saturated rings. The van der Waals surface area contributed by atoms with Gasteiger partial charge in [0, 0.05) is 17.0 Å². The lowest BCUT2D eigenvalue weighted by atomic mass is 10.2. The fourth-order valence-corrected chi connectivity index (χ4v) is 3.85. The summed E-state index contributed by atoms with van der Waals surface area (Å²) in [5, 5.41) is 10.3. The van der Waals surface area contributed by atoms with E-state index in [1.54, 1.807) is 35.0 Å². The van der Waals surface area contributed by atoms with Crippen molar-refractivity contribution in [3.8, 4) is 5.75 Å². The number of carboxylic acids is 1. The molecule has 26 heavy (non-hydrogen) atoms. The molecular formula is C18H16N2O4S2. The Morgan fingerprint density at radius 2 is 1.88 bits per heavy atom. The van der Waals surface area contributed by atoms with Crippen LogP contribution in [0.3, 0.4) is 0 Å². The normalized spacial score (nSPS) is 15.8. The molecule has 0 unspecified atom stereocenters. The van der Waals surface area contributed by atoms with Gasteiger partial charge in [-0.05, 0) is 50.3 Å². The van der Waals surface area contributed by atoms with Crippen LogP contribution in [-0.4, -0.2) is 32.6 Å². The Bertz CT molecular complexity index is 914. The predicted molar refractivity (Wildman–Crippen MR) is 105 cm³/mol. The van der Waals surface area contributed by atoms with Gasteiger partial charge in [0.05, 0.1) is 4.91 Å². The average Bonchev–Trinajstić information content (AvgIpc) is 3.05. The van der Waals surface area contributed by atoms with Crippen LogP contribution in [-0.2, 0) is 9.59 Å². The molecule has 1 aromatic carbocycles. The van der Waals surface area contributed by atoms with Gasteiger partial charge in [-0.25, -0.2) is 4.79 Å². The molecule has 1 aromatic heterocycles. The van der Waals surface area contributed by atoms with Gasteiger partial charge in [-0.15, -0.1) is 0 Å². The van der Waals surface area contributed by atoms with Crippen LogP contribution in [0, 0.1) is 13.8 Å². The molecule has 0 aliphatic carbocycles. The molecule has 3 rings (SSSR count). The molecule has 0 saturated carbocycles. The smallest absolute Gasteiger partial charge is 0.341 e. The van der Waals surface area contributed by atoms with Crippen LogP contribution >= 0.6 is 24.0 Å². The number of carbonyl (C=O) groups excluding carboxylic acids is 1. The molecule has 1 aliphatic heterocycles. The van der Waals surface area contributed by atoms with Crippen LogP contribution in [0.4, 0.5) is 0 Å². The van der Waals surface area contributed by atoms with Crippen molar-refractivity contribution in [1.29, 1.82) is 0 Å². The van der Waals surface area contributed by atoms with E-state index in [0.717, 1.165) is 11.4 Å². The number of thioether (sulfide) groups is 1. The molecule has 0 radical (unpaired) electrons. The van der Waals surface area contributed by atoms with Gasteiger partial charge in [-0.3, -0.25) is 9.47 Å². The largest absolute Gasteiger partial charge is 0.481 e. The molecule has 0 atom stereocenters. The molecule has 2 aromatic rings. The number of thiocarbonyl (C=S) groups is 1. The highest BCUT2D eigenvalue weighted by atomic mass is 32.2. The number of nitrogens with zero attached hydrogens (tertiary/aromatic N) is 2. The van der Waals surface area contributed by atoms with Crippen molar-refractivity contribution < 1.29 is 19.4 Å². The maximum atomic E-state index is 12.9. The maximum Gasteiger partial charge on any atom is 0.341 e. The van der Waals surface area contributed by atoms with E-state index in [2.05, 4.69) is 0 Å². The van der Waals surface area contributed by atoms with Gasteiger partial charge in [0.25, 0.3) is 5.91 Å². The molecule has 8 heteroatoms. The molecule has 6 nitrogen and oxygen atoms in total. The summed E-state index contributed by atoms with van der Waals surface area (Å²) >= 11 is 6.60. The van der Waals surface area contributed by atoms with Crippen molar-refractivity contribution in [3.63, 3.8) is 0 Å². The molecule has 0 bridgehead atoms. The Balaban J connectivity index is 1.93.